The van der Waals surface area contributed by atoms with E-state index in [0.29, 0.717) is 51.9 Å². The fourth-order valence-corrected chi connectivity index (χ4v) is 7.29. The molecule has 3 unspecified atom stereocenters. The van der Waals surface area contributed by atoms with Gasteiger partial charge in [0.15, 0.2) is 0 Å². The molecule has 0 aromatic heterocycles. The first-order valence-corrected chi connectivity index (χ1v) is 15.3. The van der Waals surface area contributed by atoms with Gasteiger partial charge in [0.1, 0.15) is 11.6 Å². The van der Waals surface area contributed by atoms with Crippen molar-refractivity contribution in [3.8, 4) is 0 Å². The van der Waals surface area contributed by atoms with Gasteiger partial charge >= 0.3 is 0 Å². The zero-order valence-corrected chi connectivity index (χ0v) is 24.7. The molecular weight excluding hydrogens is 518 g/mol. The molecule has 6 atom stereocenters. The molecule has 1 spiro atoms. The van der Waals surface area contributed by atoms with Crippen LogP contribution in [0, 0.1) is 11.8 Å². The Kier molecular flexibility index (Phi) is 10.4. The molecule has 41 heavy (non-hydrogen) atoms. The third-order valence-electron chi connectivity index (χ3n) is 9.10. The van der Waals surface area contributed by atoms with Crippen molar-refractivity contribution in [3.05, 3.63) is 61.2 Å². The van der Waals surface area contributed by atoms with Crippen molar-refractivity contribution >= 4 is 17.7 Å². The Balaban J connectivity index is 1.68. The summed E-state index contributed by atoms with van der Waals surface area (Å²) in [6, 6.07) is 9.00. The number of amides is 3. The van der Waals surface area contributed by atoms with Crippen molar-refractivity contribution in [2.45, 2.75) is 89.1 Å². The highest BCUT2D eigenvalue weighted by molar-refractivity contribution is 5.99. The molecule has 1 N–H and O–H groups in total. The van der Waals surface area contributed by atoms with Crippen LogP contribution in [0.15, 0.2) is 55.6 Å². The van der Waals surface area contributed by atoms with Crippen LogP contribution in [0.3, 0.4) is 0 Å². The van der Waals surface area contributed by atoms with Gasteiger partial charge in [0, 0.05) is 38.8 Å². The Bertz CT molecular complexity index is 1090. The quantitative estimate of drug-likeness (QED) is 0.242. The van der Waals surface area contributed by atoms with Gasteiger partial charge in [0.25, 0.3) is 0 Å². The van der Waals surface area contributed by atoms with E-state index in [2.05, 4.69) is 20.1 Å². The third kappa shape index (κ3) is 6.00. The van der Waals surface area contributed by atoms with Gasteiger partial charge in [0.2, 0.25) is 17.7 Å². The third-order valence-corrected chi connectivity index (χ3v) is 9.10. The highest BCUT2D eigenvalue weighted by Gasteiger charge is 2.74. The largest absolute Gasteiger partial charge is 0.396 e. The summed E-state index contributed by atoms with van der Waals surface area (Å²) in [6.45, 7) is 13.5. The van der Waals surface area contributed by atoms with Crippen LogP contribution in [0.4, 0.5) is 0 Å². The minimum absolute atomic E-state index is 0.0164. The molecule has 3 aliphatic heterocycles. The fraction of sp³-hybridized carbons (Fsp3) is 0.606. The first kappa shape index (κ1) is 31.0. The summed E-state index contributed by atoms with van der Waals surface area (Å²) in [5.74, 6) is -1.73. The Hall–Kier alpha value is -2.97. The maximum absolute atomic E-state index is 14.4. The van der Waals surface area contributed by atoms with Crippen LogP contribution in [0.25, 0.3) is 0 Å². The van der Waals surface area contributed by atoms with E-state index in [1.54, 1.807) is 22.0 Å². The van der Waals surface area contributed by atoms with Gasteiger partial charge < -0.3 is 24.5 Å². The number of likely N-dealkylation sites (tertiary alicyclic amines) is 1. The lowest BCUT2D eigenvalue weighted by molar-refractivity contribution is -0.150. The van der Waals surface area contributed by atoms with Crippen LogP contribution in [-0.4, -0.2) is 87.6 Å². The summed E-state index contributed by atoms with van der Waals surface area (Å²) < 4.78 is 6.68. The lowest BCUT2D eigenvalue weighted by Gasteiger charge is -2.39. The smallest absolute Gasteiger partial charge is 0.248 e. The predicted molar refractivity (Wildman–Crippen MR) is 159 cm³/mol. The molecule has 4 rings (SSSR count). The molecule has 1 aromatic carbocycles. The summed E-state index contributed by atoms with van der Waals surface area (Å²) in [4.78, 5) is 48.2. The monoisotopic (exact) mass is 565 g/mol. The minimum Gasteiger partial charge on any atom is -0.396 e. The summed E-state index contributed by atoms with van der Waals surface area (Å²) in [5, 5.41) is 9.29. The van der Waals surface area contributed by atoms with Crippen molar-refractivity contribution in [1.82, 2.24) is 14.7 Å². The van der Waals surface area contributed by atoms with Crippen LogP contribution < -0.4 is 0 Å². The number of fused-ring (bicyclic) bond motifs is 1. The molecule has 3 fully saturated rings. The maximum Gasteiger partial charge on any atom is 0.248 e. The summed E-state index contributed by atoms with van der Waals surface area (Å²) in [6.07, 6.45) is 8.09. The zero-order chi connectivity index (χ0) is 29.6. The molecular formula is C33H47N3O5. The molecule has 3 heterocycles. The molecule has 0 aliphatic carbocycles. The lowest BCUT2D eigenvalue weighted by atomic mass is 9.70. The van der Waals surface area contributed by atoms with E-state index in [1.165, 1.54) is 0 Å². The number of carbonyl (C=O) groups excluding carboxylic acids is 3. The van der Waals surface area contributed by atoms with Crippen LogP contribution in [0.2, 0.25) is 0 Å². The SMILES string of the molecule is C=CCN(Cc1ccccc1)C(=O)[C@@H]1[C@H]2C(=O)N(CCCCCO)C(C(=O)N(CC=C)C(C)CCC)C23CC[C@H]1O3. The van der Waals surface area contributed by atoms with Gasteiger partial charge in [0.05, 0.1) is 17.9 Å². The fourth-order valence-electron chi connectivity index (χ4n) is 7.29. The second kappa shape index (κ2) is 13.8. The number of rotatable bonds is 16. The average Bonchev–Trinajstić information content (AvgIpc) is 3.61. The number of benzene rings is 1. The highest BCUT2D eigenvalue weighted by Crippen LogP contribution is 2.59. The van der Waals surface area contributed by atoms with Crippen molar-refractivity contribution in [2.75, 3.05) is 26.2 Å². The van der Waals surface area contributed by atoms with E-state index < -0.39 is 29.6 Å². The number of hydrogen-bond acceptors (Lipinski definition) is 5. The van der Waals surface area contributed by atoms with Gasteiger partial charge in [-0.3, -0.25) is 14.4 Å². The summed E-state index contributed by atoms with van der Waals surface area (Å²) in [7, 11) is 0. The van der Waals surface area contributed by atoms with Gasteiger partial charge in [-0.15, -0.1) is 13.2 Å². The molecule has 0 saturated carbocycles. The first-order chi connectivity index (χ1) is 19.8. The molecule has 8 nitrogen and oxygen atoms in total. The van der Waals surface area contributed by atoms with E-state index in [4.69, 9.17) is 4.74 Å². The molecule has 3 saturated heterocycles. The van der Waals surface area contributed by atoms with Crippen LogP contribution in [-0.2, 0) is 25.7 Å². The van der Waals surface area contributed by atoms with E-state index in [1.807, 2.05) is 42.2 Å². The number of aliphatic hydroxyl groups excluding tert-OH is 1. The molecule has 0 radical (unpaired) electrons. The first-order valence-electron chi connectivity index (χ1n) is 15.3. The Morgan fingerprint density at radius 1 is 1.15 bits per heavy atom. The van der Waals surface area contributed by atoms with Crippen molar-refractivity contribution < 1.29 is 24.2 Å². The standard InChI is InChI=1S/C33H47N3O5/c1-5-14-24(4)35(20-7-3)32(40)29-33-18-17-26(41-33)27(28(33)31(39)36(29)21-12-9-13-22-37)30(38)34(19-6-2)23-25-15-10-8-11-16-25/h6-8,10-11,15-16,24,26-29,37H,2-3,5,9,12-14,17-23H2,1,4H3/t24?,26-,27+,28+,29?,33?/m1/s1. The topological polar surface area (TPSA) is 90.4 Å². The van der Waals surface area contributed by atoms with Crippen LogP contribution >= 0.6 is 0 Å². The Morgan fingerprint density at radius 2 is 1.88 bits per heavy atom. The van der Waals surface area contributed by atoms with Gasteiger partial charge in [-0.1, -0.05) is 55.8 Å². The molecule has 3 aliphatic rings. The van der Waals surface area contributed by atoms with E-state index in [9.17, 15) is 19.5 Å². The Labute approximate surface area is 245 Å². The second-order valence-corrected chi connectivity index (χ2v) is 11.8. The van der Waals surface area contributed by atoms with Gasteiger partial charge in [-0.2, -0.15) is 0 Å². The molecule has 224 valence electrons. The van der Waals surface area contributed by atoms with Crippen molar-refractivity contribution in [1.29, 1.82) is 0 Å². The van der Waals surface area contributed by atoms with Crippen molar-refractivity contribution in [3.63, 3.8) is 0 Å². The van der Waals surface area contributed by atoms with Crippen LogP contribution in [0.1, 0.15) is 64.4 Å². The maximum atomic E-state index is 14.4. The summed E-state index contributed by atoms with van der Waals surface area (Å²) in [5.41, 5.74) is -0.0172. The number of carbonyl (C=O) groups is 3. The summed E-state index contributed by atoms with van der Waals surface area (Å²) >= 11 is 0. The van der Waals surface area contributed by atoms with Gasteiger partial charge in [-0.25, -0.2) is 0 Å². The van der Waals surface area contributed by atoms with Crippen LogP contribution in [0.5, 0.6) is 0 Å². The minimum atomic E-state index is -1.02. The number of ether oxygens (including phenoxy) is 1. The molecule has 1 aromatic rings. The molecule has 8 heteroatoms. The van der Waals surface area contributed by atoms with Crippen molar-refractivity contribution in [2.24, 2.45) is 11.8 Å². The number of nitrogens with zero attached hydrogens (tertiary/aromatic N) is 3. The average molecular weight is 566 g/mol. The number of hydrogen-bond donors (Lipinski definition) is 1. The Morgan fingerprint density at radius 3 is 2.54 bits per heavy atom. The van der Waals surface area contributed by atoms with E-state index in [0.717, 1.165) is 24.8 Å². The number of aliphatic hydroxyl groups is 1. The normalized spacial score (nSPS) is 27.0. The lowest BCUT2D eigenvalue weighted by Crippen LogP contribution is -2.58. The number of unbranched alkanes of at least 4 members (excludes halogenated alkanes) is 2. The zero-order valence-electron chi connectivity index (χ0n) is 24.7. The van der Waals surface area contributed by atoms with Gasteiger partial charge in [-0.05, 0) is 51.0 Å². The van der Waals surface area contributed by atoms with E-state index in [-0.39, 0.29) is 30.4 Å². The highest BCUT2D eigenvalue weighted by atomic mass is 16.5. The molecule has 2 bridgehead atoms. The predicted octanol–water partition coefficient (Wildman–Crippen LogP) is 3.94. The van der Waals surface area contributed by atoms with E-state index >= 15 is 0 Å². The molecule has 3 amide bonds. The second-order valence-electron chi connectivity index (χ2n) is 11.8.